The topological polar surface area (TPSA) is 118 Å². The summed E-state index contributed by atoms with van der Waals surface area (Å²) in [6, 6.07) is 1.78. The molecule has 0 amide bonds. The van der Waals surface area contributed by atoms with Gasteiger partial charge in [-0.1, -0.05) is 34.3 Å². The minimum atomic E-state index is -1.31. The minimum Gasteiger partial charge on any atom is -0.472 e. The predicted molar refractivity (Wildman–Crippen MR) is 132 cm³/mol. The predicted octanol–water partition coefficient (Wildman–Crippen LogP) is 4.10. The van der Waals surface area contributed by atoms with Gasteiger partial charge in [0.2, 0.25) is 6.10 Å². The molecule has 0 radical (unpaired) electrons. The largest absolute Gasteiger partial charge is 0.472 e. The first-order valence-corrected chi connectivity index (χ1v) is 13.1. The molecule has 1 spiro atoms. The molecule has 4 fully saturated rings. The molecule has 2 saturated carbocycles. The van der Waals surface area contributed by atoms with Crippen molar-refractivity contribution in [2.45, 2.75) is 84.2 Å². The number of esters is 3. The van der Waals surface area contributed by atoms with Gasteiger partial charge in [-0.05, 0) is 30.4 Å². The van der Waals surface area contributed by atoms with E-state index in [1.165, 1.54) is 14.0 Å². The van der Waals surface area contributed by atoms with Gasteiger partial charge >= 0.3 is 17.9 Å². The maximum atomic E-state index is 13.7. The number of furan rings is 1. The van der Waals surface area contributed by atoms with Crippen LogP contribution in [0.5, 0.6) is 0 Å². The van der Waals surface area contributed by atoms with Crippen LogP contribution in [0.1, 0.15) is 72.0 Å². The second kappa shape index (κ2) is 8.53. The highest BCUT2D eigenvalue weighted by Crippen LogP contribution is 2.71. The molecule has 0 aromatic carbocycles. The van der Waals surface area contributed by atoms with Crippen LogP contribution in [-0.4, -0.2) is 48.6 Å². The average Bonchev–Trinajstić information content (AvgIpc) is 3.36. The fraction of sp³-hybridized carbons (Fsp3) is 0.655. The molecule has 206 valence electrons. The molecule has 2 bridgehead atoms. The number of methoxy groups -OCH3 is 1. The Bertz CT molecular complexity index is 1200. The minimum absolute atomic E-state index is 0.0214. The molecule has 38 heavy (non-hydrogen) atoms. The Morgan fingerprint density at radius 1 is 1.18 bits per heavy atom. The third-order valence-corrected chi connectivity index (χ3v) is 10.2. The summed E-state index contributed by atoms with van der Waals surface area (Å²) in [5.74, 6) is -2.85. The molecular weight excluding hydrogens is 492 g/mol. The van der Waals surface area contributed by atoms with Gasteiger partial charge in [0.15, 0.2) is 0 Å². The second-order valence-electron chi connectivity index (χ2n) is 12.3. The zero-order valence-electron chi connectivity index (χ0n) is 22.8. The number of fused-ring (bicyclic) bond motifs is 3. The van der Waals surface area contributed by atoms with E-state index in [-0.39, 0.29) is 24.5 Å². The quantitative estimate of drug-likeness (QED) is 0.323. The average molecular weight is 529 g/mol. The van der Waals surface area contributed by atoms with Gasteiger partial charge in [0.1, 0.15) is 17.5 Å². The number of carbonyl (C=O) groups excluding carboxylic acids is 4. The fourth-order valence-electron chi connectivity index (χ4n) is 8.34. The number of ether oxygens (including phenoxy) is 4. The number of rotatable bonds is 4. The molecule has 4 aliphatic rings. The first kappa shape index (κ1) is 26.7. The summed E-state index contributed by atoms with van der Waals surface area (Å²) >= 11 is 0. The van der Waals surface area contributed by atoms with Crippen LogP contribution in [0.3, 0.4) is 0 Å². The van der Waals surface area contributed by atoms with E-state index >= 15 is 0 Å². The molecule has 9 nitrogen and oxygen atoms in total. The summed E-state index contributed by atoms with van der Waals surface area (Å²) in [7, 11) is 1.23. The van der Waals surface area contributed by atoms with E-state index in [1.54, 1.807) is 32.4 Å². The zero-order chi connectivity index (χ0) is 27.8. The molecule has 1 aromatic heterocycles. The molecular formula is C29H36O9. The summed E-state index contributed by atoms with van der Waals surface area (Å²) in [5.41, 5.74) is -2.10. The van der Waals surface area contributed by atoms with Crippen molar-refractivity contribution in [2.75, 3.05) is 7.11 Å². The number of Topliss-reactive ketones (excluding diaryl/α,β-unsaturated/α-hetero) is 1. The number of hydrogen-bond donors (Lipinski definition) is 0. The van der Waals surface area contributed by atoms with Crippen molar-refractivity contribution < 1.29 is 42.5 Å². The lowest BCUT2D eigenvalue weighted by Crippen LogP contribution is -2.74. The molecule has 0 unspecified atom stereocenters. The molecule has 8 atom stereocenters. The zero-order valence-corrected chi connectivity index (χ0v) is 22.8. The van der Waals surface area contributed by atoms with E-state index in [1.807, 2.05) is 13.8 Å². The molecule has 0 N–H and O–H groups in total. The molecule has 2 aliphatic heterocycles. The monoisotopic (exact) mass is 528 g/mol. The van der Waals surface area contributed by atoms with E-state index < -0.39 is 64.0 Å². The first-order chi connectivity index (χ1) is 17.7. The number of ketones is 1. The lowest BCUT2D eigenvalue weighted by Gasteiger charge is -2.70. The van der Waals surface area contributed by atoms with Crippen LogP contribution in [-0.2, 0) is 38.1 Å². The SMILES string of the molecule is C=C1[C@H]2CC[C@]3(C)[C@@H](c4ccoc4)OC(=O)C[C@@]13O[C@@H]1CC(=O)C(C)(C)[C@@H]([C@@H](OC(C)=O)C(=O)OC)[C@]21C. The second-order valence-corrected chi connectivity index (χ2v) is 12.3. The number of cyclic esters (lactones) is 1. The Labute approximate surface area is 222 Å². The van der Waals surface area contributed by atoms with Gasteiger partial charge in [0, 0.05) is 41.1 Å². The van der Waals surface area contributed by atoms with Crippen molar-refractivity contribution in [1.29, 1.82) is 0 Å². The normalized spacial score (nSPS) is 40.3. The third kappa shape index (κ3) is 3.33. The highest BCUT2D eigenvalue weighted by atomic mass is 16.6. The van der Waals surface area contributed by atoms with Crippen LogP contribution in [0.4, 0.5) is 0 Å². The summed E-state index contributed by atoms with van der Waals surface area (Å²) in [6.45, 7) is 13.4. The highest BCUT2D eigenvalue weighted by Gasteiger charge is 2.74. The van der Waals surface area contributed by atoms with Crippen LogP contribution in [0.15, 0.2) is 35.2 Å². The first-order valence-electron chi connectivity index (χ1n) is 13.1. The fourth-order valence-corrected chi connectivity index (χ4v) is 8.34. The summed E-state index contributed by atoms with van der Waals surface area (Å²) in [4.78, 5) is 52.0. The smallest absolute Gasteiger partial charge is 0.347 e. The Balaban J connectivity index is 1.66. The van der Waals surface area contributed by atoms with Crippen molar-refractivity contribution in [2.24, 2.45) is 28.1 Å². The van der Waals surface area contributed by atoms with Crippen LogP contribution in [0, 0.1) is 28.1 Å². The Kier molecular flexibility index (Phi) is 5.98. The van der Waals surface area contributed by atoms with E-state index in [2.05, 4.69) is 6.58 Å². The van der Waals surface area contributed by atoms with Crippen molar-refractivity contribution in [1.82, 2.24) is 0 Å². The van der Waals surface area contributed by atoms with Gasteiger partial charge in [0.25, 0.3) is 0 Å². The summed E-state index contributed by atoms with van der Waals surface area (Å²) < 4.78 is 28.8. The van der Waals surface area contributed by atoms with E-state index in [0.717, 1.165) is 11.1 Å². The molecule has 2 saturated heterocycles. The van der Waals surface area contributed by atoms with E-state index in [9.17, 15) is 19.2 Å². The van der Waals surface area contributed by atoms with Gasteiger partial charge in [-0.25, -0.2) is 4.79 Å². The Morgan fingerprint density at radius 2 is 1.89 bits per heavy atom. The Morgan fingerprint density at radius 3 is 2.50 bits per heavy atom. The summed E-state index contributed by atoms with van der Waals surface area (Å²) in [5, 5.41) is 0. The van der Waals surface area contributed by atoms with Crippen molar-refractivity contribution in [3.8, 4) is 0 Å². The van der Waals surface area contributed by atoms with Crippen molar-refractivity contribution in [3.63, 3.8) is 0 Å². The van der Waals surface area contributed by atoms with Crippen molar-refractivity contribution in [3.05, 3.63) is 36.3 Å². The van der Waals surface area contributed by atoms with Gasteiger partial charge in [-0.3, -0.25) is 14.4 Å². The molecule has 9 heteroatoms. The van der Waals surface area contributed by atoms with E-state index in [0.29, 0.717) is 12.8 Å². The van der Waals surface area contributed by atoms with Crippen LogP contribution in [0.25, 0.3) is 0 Å². The van der Waals surface area contributed by atoms with Crippen LogP contribution < -0.4 is 0 Å². The number of hydrogen-bond acceptors (Lipinski definition) is 9. The number of carbonyl (C=O) groups is 4. The highest BCUT2D eigenvalue weighted by molar-refractivity contribution is 5.89. The van der Waals surface area contributed by atoms with Gasteiger partial charge < -0.3 is 23.4 Å². The Hall–Kier alpha value is -2.94. The molecule has 3 heterocycles. The maximum absolute atomic E-state index is 13.7. The van der Waals surface area contributed by atoms with Gasteiger partial charge in [-0.2, -0.15) is 0 Å². The van der Waals surface area contributed by atoms with Gasteiger partial charge in [-0.15, -0.1) is 0 Å². The van der Waals surface area contributed by atoms with Crippen LogP contribution in [0.2, 0.25) is 0 Å². The van der Waals surface area contributed by atoms with E-state index in [4.69, 9.17) is 23.4 Å². The molecule has 1 aromatic rings. The molecule has 5 rings (SSSR count). The van der Waals surface area contributed by atoms with Gasteiger partial charge in [0.05, 0.1) is 32.2 Å². The standard InChI is InChI=1S/C29H36O9/c1-15-18-8-10-27(5)24(17-9-11-35-14-17)37-21(32)13-29(15,27)38-20-12-19(31)26(3,4)23(28(18,20)6)22(25(33)34-7)36-16(2)30/h9,11,14,18,20,22-24H,1,8,10,12-13H2,2-7H3/t18-,20-,22-,23-,24-,27-,28-,29-/m1/s1. The molecule has 2 aliphatic carbocycles. The lowest BCUT2D eigenvalue weighted by atomic mass is 9.41. The van der Waals surface area contributed by atoms with Crippen molar-refractivity contribution >= 4 is 23.7 Å². The third-order valence-electron chi connectivity index (χ3n) is 10.2. The summed E-state index contributed by atoms with van der Waals surface area (Å²) in [6.07, 6.45) is 1.93. The maximum Gasteiger partial charge on any atom is 0.347 e. The van der Waals surface area contributed by atoms with Crippen LogP contribution >= 0.6 is 0 Å². The lowest BCUT2D eigenvalue weighted by molar-refractivity contribution is -0.303.